The molecule has 5 nitrogen and oxygen atoms in total. The summed E-state index contributed by atoms with van der Waals surface area (Å²) in [7, 11) is 1.38. The number of ether oxygens (including phenoxy) is 1. The van der Waals surface area contributed by atoms with Crippen molar-refractivity contribution in [2.24, 2.45) is 0 Å². The Morgan fingerprint density at radius 1 is 1.61 bits per heavy atom. The Hall–Kier alpha value is -1.40. The Kier molecular flexibility index (Phi) is 3.68. The van der Waals surface area contributed by atoms with Crippen molar-refractivity contribution in [3.05, 3.63) is 22.4 Å². The average molecular weight is 269 g/mol. The number of hydrogen-bond acceptors (Lipinski definition) is 4. The summed E-state index contributed by atoms with van der Waals surface area (Å²) in [5, 5.41) is 11.1. The predicted octanol–water partition coefficient (Wildman–Crippen LogP) is 0.993. The van der Waals surface area contributed by atoms with Gasteiger partial charge in [0.05, 0.1) is 13.0 Å². The number of carbonyl (C=O) groups excluding carboxylic acids is 1. The average Bonchev–Trinajstić information content (AvgIpc) is 2.97. The van der Waals surface area contributed by atoms with E-state index in [1.165, 1.54) is 18.4 Å². The van der Waals surface area contributed by atoms with E-state index < -0.39 is 11.6 Å². The summed E-state index contributed by atoms with van der Waals surface area (Å²) >= 11 is 1.53. The summed E-state index contributed by atoms with van der Waals surface area (Å²) in [6.07, 6.45) is 0.673. The number of amides is 1. The molecule has 0 aromatic carbocycles. The Morgan fingerprint density at radius 3 is 2.89 bits per heavy atom. The van der Waals surface area contributed by atoms with E-state index in [1.807, 2.05) is 17.5 Å². The molecule has 2 rings (SSSR count). The van der Waals surface area contributed by atoms with Crippen LogP contribution in [0.4, 0.5) is 0 Å². The van der Waals surface area contributed by atoms with Crippen molar-refractivity contribution < 1.29 is 19.4 Å². The zero-order valence-electron chi connectivity index (χ0n) is 10.1. The third-order valence-electron chi connectivity index (χ3n) is 3.27. The first-order chi connectivity index (χ1) is 8.57. The molecular weight excluding hydrogens is 254 g/mol. The van der Waals surface area contributed by atoms with Crippen molar-refractivity contribution in [1.29, 1.82) is 0 Å². The van der Waals surface area contributed by atoms with Crippen LogP contribution in [0.1, 0.15) is 11.3 Å². The highest BCUT2D eigenvalue weighted by Gasteiger charge is 2.46. The van der Waals surface area contributed by atoms with Gasteiger partial charge in [0.1, 0.15) is 0 Å². The smallest absolute Gasteiger partial charge is 0.337 e. The standard InChI is InChI=1S/C12H15NO4S/c1-17-12(11(15)16)4-5-13(8-12)10(14)7-9-3-2-6-18-9/h2-3,6H,4-5,7-8H2,1H3,(H,15,16). The second-order valence-electron chi connectivity index (χ2n) is 4.33. The Balaban J connectivity index is 2.00. The molecule has 1 amide bonds. The van der Waals surface area contributed by atoms with Gasteiger partial charge in [-0.15, -0.1) is 11.3 Å². The minimum Gasteiger partial charge on any atom is -0.479 e. The molecule has 1 fully saturated rings. The molecule has 98 valence electrons. The summed E-state index contributed by atoms with van der Waals surface area (Å²) in [6.45, 7) is 0.563. The second-order valence-corrected chi connectivity index (χ2v) is 5.36. The first-order valence-corrected chi connectivity index (χ1v) is 6.54. The van der Waals surface area contributed by atoms with E-state index in [0.29, 0.717) is 19.4 Å². The minimum atomic E-state index is -1.23. The Bertz CT molecular complexity index is 445. The van der Waals surface area contributed by atoms with Gasteiger partial charge in [-0.3, -0.25) is 4.79 Å². The lowest BCUT2D eigenvalue weighted by molar-refractivity contribution is -0.160. The van der Waals surface area contributed by atoms with Gasteiger partial charge in [-0.1, -0.05) is 6.07 Å². The molecule has 2 heterocycles. The van der Waals surface area contributed by atoms with Gasteiger partial charge in [0.2, 0.25) is 5.91 Å². The molecule has 1 unspecified atom stereocenters. The van der Waals surface area contributed by atoms with Crippen LogP contribution in [-0.4, -0.2) is 47.7 Å². The van der Waals surface area contributed by atoms with Crippen molar-refractivity contribution in [2.45, 2.75) is 18.4 Å². The van der Waals surface area contributed by atoms with Gasteiger partial charge in [-0.25, -0.2) is 4.79 Å². The number of carboxylic acids is 1. The number of likely N-dealkylation sites (tertiary alicyclic amines) is 1. The van der Waals surface area contributed by atoms with Crippen LogP contribution < -0.4 is 0 Å². The van der Waals surface area contributed by atoms with Gasteiger partial charge in [0.15, 0.2) is 5.60 Å². The third kappa shape index (κ3) is 2.39. The van der Waals surface area contributed by atoms with Crippen LogP contribution in [0.15, 0.2) is 17.5 Å². The molecule has 0 saturated carbocycles. The summed E-state index contributed by atoms with van der Waals surface area (Å²) in [6, 6.07) is 3.80. The summed E-state index contributed by atoms with van der Waals surface area (Å²) in [5.74, 6) is -1.05. The molecule has 1 aromatic heterocycles. The van der Waals surface area contributed by atoms with Crippen molar-refractivity contribution in [3.63, 3.8) is 0 Å². The molecule has 0 bridgehead atoms. The topological polar surface area (TPSA) is 66.8 Å². The van der Waals surface area contributed by atoms with Crippen LogP contribution in [0.5, 0.6) is 0 Å². The first kappa shape index (κ1) is 13.0. The van der Waals surface area contributed by atoms with Gasteiger partial charge in [-0.2, -0.15) is 0 Å². The largest absolute Gasteiger partial charge is 0.479 e. The maximum absolute atomic E-state index is 12.0. The molecule has 1 aliphatic rings. The first-order valence-electron chi connectivity index (χ1n) is 5.66. The normalized spacial score (nSPS) is 23.3. The van der Waals surface area contributed by atoms with E-state index in [-0.39, 0.29) is 12.5 Å². The van der Waals surface area contributed by atoms with Crippen LogP contribution in [0.25, 0.3) is 0 Å². The molecule has 1 aromatic rings. The highest BCUT2D eigenvalue weighted by Crippen LogP contribution is 2.26. The molecule has 1 N–H and O–H groups in total. The van der Waals surface area contributed by atoms with Crippen LogP contribution in [0, 0.1) is 0 Å². The molecule has 1 atom stereocenters. The summed E-state index contributed by atoms with van der Waals surface area (Å²) in [5.41, 5.74) is -1.23. The van der Waals surface area contributed by atoms with Gasteiger partial charge in [0, 0.05) is 25.0 Å². The maximum atomic E-state index is 12.0. The molecule has 0 aliphatic carbocycles. The van der Waals surface area contributed by atoms with E-state index in [4.69, 9.17) is 9.84 Å². The van der Waals surface area contributed by atoms with Crippen LogP contribution in [-0.2, 0) is 20.7 Å². The molecule has 18 heavy (non-hydrogen) atoms. The summed E-state index contributed by atoms with van der Waals surface area (Å²) < 4.78 is 5.08. The highest BCUT2D eigenvalue weighted by atomic mass is 32.1. The van der Waals surface area contributed by atoms with Gasteiger partial charge in [0.25, 0.3) is 0 Å². The van der Waals surface area contributed by atoms with E-state index in [1.54, 1.807) is 4.90 Å². The molecule has 0 spiro atoms. The van der Waals surface area contributed by atoms with Crippen LogP contribution >= 0.6 is 11.3 Å². The van der Waals surface area contributed by atoms with Gasteiger partial charge >= 0.3 is 5.97 Å². The molecule has 1 saturated heterocycles. The van der Waals surface area contributed by atoms with Crippen molar-refractivity contribution in [1.82, 2.24) is 4.90 Å². The van der Waals surface area contributed by atoms with Gasteiger partial charge in [-0.05, 0) is 11.4 Å². The highest BCUT2D eigenvalue weighted by molar-refractivity contribution is 7.10. The minimum absolute atomic E-state index is 0.0439. The van der Waals surface area contributed by atoms with Crippen LogP contribution in [0.2, 0.25) is 0 Å². The van der Waals surface area contributed by atoms with Crippen molar-refractivity contribution in [2.75, 3.05) is 20.2 Å². The number of carboxylic acid groups (broad SMARTS) is 1. The SMILES string of the molecule is COC1(C(=O)O)CCN(C(=O)Cc2cccs2)C1. The van der Waals surface area contributed by atoms with E-state index in [9.17, 15) is 9.59 Å². The van der Waals surface area contributed by atoms with Crippen molar-refractivity contribution in [3.8, 4) is 0 Å². The number of carbonyl (C=O) groups is 2. The number of nitrogens with zero attached hydrogens (tertiary/aromatic N) is 1. The molecular formula is C12H15NO4S. The lowest BCUT2D eigenvalue weighted by Gasteiger charge is -2.23. The second kappa shape index (κ2) is 5.07. The van der Waals surface area contributed by atoms with E-state index in [2.05, 4.69) is 0 Å². The zero-order chi connectivity index (χ0) is 13.2. The molecule has 6 heteroatoms. The monoisotopic (exact) mass is 269 g/mol. The van der Waals surface area contributed by atoms with Crippen LogP contribution in [0.3, 0.4) is 0 Å². The lowest BCUT2D eigenvalue weighted by atomic mass is 10.0. The Labute approximate surface area is 109 Å². The lowest BCUT2D eigenvalue weighted by Crippen LogP contribution is -2.44. The fourth-order valence-electron chi connectivity index (χ4n) is 2.10. The fraction of sp³-hybridized carbons (Fsp3) is 0.500. The number of thiophene rings is 1. The number of methoxy groups -OCH3 is 1. The predicted molar refractivity (Wildman–Crippen MR) is 66.6 cm³/mol. The molecule has 0 radical (unpaired) electrons. The number of rotatable bonds is 4. The zero-order valence-corrected chi connectivity index (χ0v) is 10.9. The van der Waals surface area contributed by atoms with Crippen molar-refractivity contribution >= 4 is 23.2 Å². The van der Waals surface area contributed by atoms with Gasteiger partial charge < -0.3 is 14.7 Å². The van der Waals surface area contributed by atoms with E-state index >= 15 is 0 Å². The van der Waals surface area contributed by atoms with E-state index in [0.717, 1.165) is 4.88 Å². The quantitative estimate of drug-likeness (QED) is 0.885. The maximum Gasteiger partial charge on any atom is 0.337 e. The number of aliphatic carboxylic acids is 1. The number of hydrogen-bond donors (Lipinski definition) is 1. The summed E-state index contributed by atoms with van der Waals surface area (Å²) in [4.78, 5) is 25.8. The molecule has 1 aliphatic heterocycles. The Morgan fingerprint density at radius 2 is 2.39 bits per heavy atom. The fourth-order valence-corrected chi connectivity index (χ4v) is 2.79. The third-order valence-corrected chi connectivity index (χ3v) is 4.15.